The molecule has 3 nitrogen and oxygen atoms in total. The van der Waals surface area contributed by atoms with Crippen LogP contribution in [0.3, 0.4) is 0 Å². The second kappa shape index (κ2) is 4.64. The highest BCUT2D eigenvalue weighted by atomic mass is 32.2. The van der Waals surface area contributed by atoms with Crippen molar-refractivity contribution in [3.63, 3.8) is 0 Å². The van der Waals surface area contributed by atoms with Gasteiger partial charge in [0, 0.05) is 6.04 Å². The van der Waals surface area contributed by atoms with Gasteiger partial charge in [-0.1, -0.05) is 6.92 Å². The molecule has 0 saturated carbocycles. The molecule has 0 aromatic carbocycles. The topological polar surface area (TPSA) is 41.6 Å². The summed E-state index contributed by atoms with van der Waals surface area (Å²) < 4.78 is 0. The molecule has 1 saturated heterocycles. The van der Waals surface area contributed by atoms with E-state index in [1.165, 1.54) is 17.9 Å². The van der Waals surface area contributed by atoms with E-state index in [9.17, 15) is 0 Å². The fourth-order valence-electron chi connectivity index (χ4n) is 2.51. The van der Waals surface area contributed by atoms with Crippen molar-refractivity contribution in [2.75, 3.05) is 18.1 Å². The maximum absolute atomic E-state index is 5.98. The van der Waals surface area contributed by atoms with Crippen molar-refractivity contribution < 1.29 is 0 Å². The molecule has 2 rings (SSSR count). The molecule has 2 aliphatic rings. The number of hydrogen-bond acceptors (Lipinski definition) is 4. The smallest absolute Gasteiger partial charge is 0.191 e. The average Bonchev–Trinajstić information content (AvgIpc) is 2.85. The second-order valence-corrected chi connectivity index (χ2v) is 5.70. The van der Waals surface area contributed by atoms with E-state index in [4.69, 9.17) is 5.73 Å². The molecule has 15 heavy (non-hydrogen) atoms. The van der Waals surface area contributed by atoms with E-state index in [1.54, 1.807) is 0 Å². The van der Waals surface area contributed by atoms with Crippen molar-refractivity contribution in [2.24, 2.45) is 16.6 Å². The van der Waals surface area contributed by atoms with Crippen molar-refractivity contribution in [3.05, 3.63) is 0 Å². The lowest BCUT2D eigenvalue weighted by Gasteiger charge is -2.34. The van der Waals surface area contributed by atoms with Crippen LogP contribution in [0.5, 0.6) is 0 Å². The van der Waals surface area contributed by atoms with Crippen molar-refractivity contribution in [1.29, 1.82) is 0 Å². The Kier molecular flexibility index (Phi) is 3.44. The van der Waals surface area contributed by atoms with Gasteiger partial charge in [-0.05, 0) is 37.2 Å². The SMILES string of the molecule is CCC(C)N1C(N)=NCC1C1CCSC1. The zero-order chi connectivity index (χ0) is 10.8. The first-order valence-corrected chi connectivity index (χ1v) is 7.05. The molecule has 0 spiro atoms. The van der Waals surface area contributed by atoms with Crippen LogP contribution in [0.2, 0.25) is 0 Å². The summed E-state index contributed by atoms with van der Waals surface area (Å²) in [6, 6.07) is 1.11. The van der Waals surface area contributed by atoms with Gasteiger partial charge in [-0.2, -0.15) is 11.8 Å². The maximum atomic E-state index is 5.98. The molecule has 3 atom stereocenters. The predicted octanol–water partition coefficient (Wildman–Crippen LogP) is 1.54. The number of aliphatic imine (C=N–C) groups is 1. The van der Waals surface area contributed by atoms with Crippen LogP contribution in [0.4, 0.5) is 0 Å². The van der Waals surface area contributed by atoms with Crippen LogP contribution in [0, 0.1) is 5.92 Å². The normalized spacial score (nSPS) is 33.2. The van der Waals surface area contributed by atoms with Gasteiger partial charge >= 0.3 is 0 Å². The standard InChI is InChI=1S/C11H21N3S/c1-3-8(2)14-10(6-13-11(14)12)9-4-5-15-7-9/h8-10H,3-7H2,1-2H3,(H2,12,13). The quantitative estimate of drug-likeness (QED) is 0.795. The van der Waals surface area contributed by atoms with E-state index in [0.717, 1.165) is 24.8 Å². The van der Waals surface area contributed by atoms with Crippen LogP contribution >= 0.6 is 11.8 Å². The molecule has 1 fully saturated rings. The first kappa shape index (κ1) is 11.1. The molecule has 0 aliphatic carbocycles. The van der Waals surface area contributed by atoms with Crippen LogP contribution in [-0.2, 0) is 0 Å². The lowest BCUT2D eigenvalue weighted by molar-refractivity contribution is 0.213. The summed E-state index contributed by atoms with van der Waals surface area (Å²) in [6.07, 6.45) is 2.48. The molecule has 2 aliphatic heterocycles. The van der Waals surface area contributed by atoms with Crippen molar-refractivity contribution >= 4 is 17.7 Å². The molecule has 0 amide bonds. The number of nitrogens with zero attached hydrogens (tertiary/aromatic N) is 2. The minimum Gasteiger partial charge on any atom is -0.370 e. The van der Waals surface area contributed by atoms with Gasteiger partial charge in [-0.15, -0.1) is 0 Å². The highest BCUT2D eigenvalue weighted by Gasteiger charge is 2.36. The number of guanidine groups is 1. The molecule has 86 valence electrons. The minimum absolute atomic E-state index is 0.534. The zero-order valence-corrected chi connectivity index (χ0v) is 10.5. The van der Waals surface area contributed by atoms with Crippen molar-refractivity contribution in [2.45, 2.75) is 38.8 Å². The summed E-state index contributed by atoms with van der Waals surface area (Å²) in [5.74, 6) is 4.18. The summed E-state index contributed by atoms with van der Waals surface area (Å²) in [6.45, 7) is 5.39. The lowest BCUT2D eigenvalue weighted by Crippen LogP contribution is -2.49. The monoisotopic (exact) mass is 227 g/mol. The number of nitrogens with two attached hydrogens (primary N) is 1. The van der Waals surface area contributed by atoms with E-state index < -0.39 is 0 Å². The molecule has 2 heterocycles. The maximum Gasteiger partial charge on any atom is 0.191 e. The molecule has 2 N–H and O–H groups in total. The van der Waals surface area contributed by atoms with Crippen LogP contribution in [0.15, 0.2) is 4.99 Å². The van der Waals surface area contributed by atoms with Crippen LogP contribution < -0.4 is 5.73 Å². The fourth-order valence-corrected chi connectivity index (χ4v) is 3.84. The van der Waals surface area contributed by atoms with E-state index in [1.807, 2.05) is 0 Å². The van der Waals surface area contributed by atoms with Crippen molar-refractivity contribution in [3.8, 4) is 0 Å². The van der Waals surface area contributed by atoms with Crippen LogP contribution in [-0.4, -0.2) is 41.0 Å². The van der Waals surface area contributed by atoms with E-state index in [0.29, 0.717) is 12.1 Å². The van der Waals surface area contributed by atoms with E-state index in [-0.39, 0.29) is 0 Å². The summed E-state index contributed by atoms with van der Waals surface area (Å²) in [4.78, 5) is 6.78. The Bertz CT molecular complexity index is 248. The lowest BCUT2D eigenvalue weighted by atomic mass is 9.97. The summed E-state index contributed by atoms with van der Waals surface area (Å²) in [5.41, 5.74) is 5.98. The largest absolute Gasteiger partial charge is 0.370 e. The van der Waals surface area contributed by atoms with Gasteiger partial charge in [-0.25, -0.2) is 0 Å². The van der Waals surface area contributed by atoms with Gasteiger partial charge in [0.1, 0.15) is 0 Å². The van der Waals surface area contributed by atoms with Crippen molar-refractivity contribution in [1.82, 2.24) is 4.90 Å². The van der Waals surface area contributed by atoms with E-state index in [2.05, 4.69) is 35.5 Å². The Balaban J connectivity index is 2.05. The van der Waals surface area contributed by atoms with Gasteiger partial charge < -0.3 is 10.6 Å². The summed E-state index contributed by atoms with van der Waals surface area (Å²) >= 11 is 2.07. The third-order valence-corrected chi connectivity index (χ3v) is 4.83. The summed E-state index contributed by atoms with van der Waals surface area (Å²) in [7, 11) is 0. The Hall–Kier alpha value is -0.380. The number of rotatable bonds is 3. The Labute approximate surface area is 96.5 Å². The molecule has 0 aromatic heterocycles. The molecule has 4 heteroatoms. The first-order valence-electron chi connectivity index (χ1n) is 5.90. The third kappa shape index (κ3) is 2.10. The Morgan fingerprint density at radius 3 is 3.07 bits per heavy atom. The zero-order valence-electron chi connectivity index (χ0n) is 9.65. The molecule has 3 unspecified atom stereocenters. The third-order valence-electron chi connectivity index (χ3n) is 3.64. The van der Waals surface area contributed by atoms with Gasteiger partial charge in [0.25, 0.3) is 0 Å². The van der Waals surface area contributed by atoms with E-state index >= 15 is 0 Å². The summed E-state index contributed by atoms with van der Waals surface area (Å²) in [5, 5.41) is 0. The van der Waals surface area contributed by atoms with Crippen LogP contribution in [0.25, 0.3) is 0 Å². The highest BCUT2D eigenvalue weighted by molar-refractivity contribution is 7.99. The fraction of sp³-hybridized carbons (Fsp3) is 0.909. The number of thioether (sulfide) groups is 1. The molecule has 0 radical (unpaired) electrons. The Morgan fingerprint density at radius 2 is 2.47 bits per heavy atom. The first-order chi connectivity index (χ1) is 7.24. The highest BCUT2D eigenvalue weighted by Crippen LogP contribution is 2.32. The van der Waals surface area contributed by atoms with Gasteiger partial charge in [0.15, 0.2) is 5.96 Å². The molecular weight excluding hydrogens is 206 g/mol. The molecular formula is C11H21N3S. The molecule has 0 bridgehead atoms. The molecule has 0 aromatic rings. The van der Waals surface area contributed by atoms with Gasteiger partial charge in [0.2, 0.25) is 0 Å². The second-order valence-electron chi connectivity index (χ2n) is 4.55. The number of hydrogen-bond donors (Lipinski definition) is 1. The van der Waals surface area contributed by atoms with Crippen LogP contribution in [0.1, 0.15) is 26.7 Å². The predicted molar refractivity (Wildman–Crippen MR) is 67.3 cm³/mol. The van der Waals surface area contributed by atoms with Gasteiger partial charge in [-0.3, -0.25) is 4.99 Å². The minimum atomic E-state index is 0.534. The average molecular weight is 227 g/mol. The van der Waals surface area contributed by atoms with Gasteiger partial charge in [0.05, 0.1) is 12.6 Å². The Morgan fingerprint density at radius 1 is 1.67 bits per heavy atom.